The number of aromatic nitrogens is 4. The first kappa shape index (κ1) is 16.6. The molecule has 0 atom stereocenters. The largest absolute Gasteiger partial charge is 0.476 e. The maximum absolute atomic E-state index is 12.6. The Kier molecular flexibility index (Phi) is 3.99. The average Bonchev–Trinajstić information content (AvgIpc) is 3.04. The van der Waals surface area contributed by atoms with Gasteiger partial charge in [-0.25, -0.2) is 19.4 Å². The van der Waals surface area contributed by atoms with Crippen molar-refractivity contribution in [3.05, 3.63) is 59.5 Å². The van der Waals surface area contributed by atoms with Gasteiger partial charge in [0.25, 0.3) is 0 Å². The van der Waals surface area contributed by atoms with Gasteiger partial charge in [0.05, 0.1) is 5.56 Å². The van der Waals surface area contributed by atoms with Crippen LogP contribution in [0.4, 0.5) is 13.2 Å². The van der Waals surface area contributed by atoms with Crippen molar-refractivity contribution < 1.29 is 23.1 Å². The normalized spacial score (nSPS) is 11.5. The minimum absolute atomic E-state index is 0.146. The van der Waals surface area contributed by atoms with Crippen LogP contribution in [0.5, 0.6) is 0 Å². The second-order valence-electron chi connectivity index (χ2n) is 5.22. The summed E-state index contributed by atoms with van der Waals surface area (Å²) >= 11 is 0. The molecule has 0 unspecified atom stereocenters. The third-order valence-electron chi connectivity index (χ3n) is 3.35. The van der Waals surface area contributed by atoms with E-state index in [1.807, 2.05) is 0 Å². The summed E-state index contributed by atoms with van der Waals surface area (Å²) in [7, 11) is 0. The predicted molar refractivity (Wildman–Crippen MR) is 81.3 cm³/mol. The predicted octanol–water partition coefficient (Wildman–Crippen LogP) is 3.35. The Balaban J connectivity index is 2.00. The Morgan fingerprint density at radius 1 is 1.12 bits per heavy atom. The molecule has 0 aliphatic rings. The number of benzene rings is 1. The second kappa shape index (κ2) is 6.00. The summed E-state index contributed by atoms with van der Waals surface area (Å²) in [5, 5.41) is 12.8. The highest BCUT2D eigenvalue weighted by molar-refractivity contribution is 5.85. The van der Waals surface area contributed by atoms with Crippen LogP contribution in [0.1, 0.15) is 21.7 Å². The molecular weight excluding hydrogens is 337 g/mol. The van der Waals surface area contributed by atoms with E-state index in [-0.39, 0.29) is 11.5 Å². The van der Waals surface area contributed by atoms with Crippen LogP contribution in [0.15, 0.2) is 42.6 Å². The first-order valence-electron chi connectivity index (χ1n) is 7.07. The fourth-order valence-electron chi connectivity index (χ4n) is 2.17. The van der Waals surface area contributed by atoms with Crippen LogP contribution in [-0.2, 0) is 6.18 Å². The summed E-state index contributed by atoms with van der Waals surface area (Å²) in [4.78, 5) is 19.4. The Hall–Kier alpha value is -3.23. The van der Waals surface area contributed by atoms with Crippen molar-refractivity contribution in [1.29, 1.82) is 0 Å². The van der Waals surface area contributed by atoms with Crippen molar-refractivity contribution in [2.24, 2.45) is 0 Å². The minimum Gasteiger partial charge on any atom is -0.476 e. The first-order chi connectivity index (χ1) is 11.7. The molecule has 3 rings (SSSR count). The van der Waals surface area contributed by atoms with E-state index >= 15 is 0 Å². The van der Waals surface area contributed by atoms with Crippen molar-refractivity contribution in [2.45, 2.75) is 13.1 Å². The van der Waals surface area contributed by atoms with Crippen LogP contribution >= 0.6 is 0 Å². The van der Waals surface area contributed by atoms with E-state index in [0.717, 1.165) is 12.1 Å². The Morgan fingerprint density at radius 3 is 2.36 bits per heavy atom. The highest BCUT2D eigenvalue weighted by Gasteiger charge is 2.30. The minimum atomic E-state index is -4.42. The molecule has 0 saturated heterocycles. The zero-order valence-electron chi connectivity index (χ0n) is 12.8. The lowest BCUT2D eigenvalue weighted by atomic mass is 10.1. The van der Waals surface area contributed by atoms with E-state index in [2.05, 4.69) is 15.1 Å². The maximum Gasteiger partial charge on any atom is 0.416 e. The number of carbonyl (C=O) groups is 1. The van der Waals surface area contributed by atoms with Crippen molar-refractivity contribution in [1.82, 2.24) is 19.7 Å². The Morgan fingerprint density at radius 2 is 1.80 bits per heavy atom. The van der Waals surface area contributed by atoms with E-state index < -0.39 is 17.7 Å². The van der Waals surface area contributed by atoms with E-state index in [1.165, 1.54) is 29.1 Å². The molecule has 6 nitrogen and oxygen atoms in total. The summed E-state index contributed by atoms with van der Waals surface area (Å²) in [5.41, 5.74) is 0.0606. The maximum atomic E-state index is 12.6. The van der Waals surface area contributed by atoms with Crippen LogP contribution in [0.3, 0.4) is 0 Å². The Bertz CT molecular complexity index is 933. The van der Waals surface area contributed by atoms with E-state index in [9.17, 15) is 18.0 Å². The SMILES string of the molecule is Cc1cc(-n2ccc(C(=O)O)n2)nc(-c2ccc(C(F)(F)F)cc2)n1. The molecule has 1 N–H and O–H groups in total. The lowest BCUT2D eigenvalue weighted by Crippen LogP contribution is -2.06. The van der Waals surface area contributed by atoms with Gasteiger partial charge in [0.15, 0.2) is 17.3 Å². The number of alkyl halides is 3. The molecule has 9 heteroatoms. The van der Waals surface area contributed by atoms with Gasteiger partial charge in [-0.2, -0.15) is 18.3 Å². The number of aromatic carboxylic acids is 1. The fourth-order valence-corrected chi connectivity index (χ4v) is 2.17. The molecule has 0 saturated carbocycles. The summed E-state index contributed by atoms with van der Waals surface area (Å²) < 4.78 is 39.2. The van der Waals surface area contributed by atoms with Gasteiger partial charge < -0.3 is 5.11 Å². The number of rotatable bonds is 3. The standard InChI is InChI=1S/C16H11F3N4O2/c1-9-8-13(23-7-6-12(22-23)15(24)25)21-14(20-9)10-2-4-11(5-3-10)16(17,18)19/h2-8H,1H3,(H,24,25). The lowest BCUT2D eigenvalue weighted by Gasteiger charge is -2.09. The van der Waals surface area contributed by atoms with Crippen LogP contribution in [0, 0.1) is 6.92 Å². The molecule has 2 heterocycles. The first-order valence-corrected chi connectivity index (χ1v) is 7.07. The molecule has 0 amide bonds. The molecular formula is C16H11F3N4O2. The second-order valence-corrected chi connectivity index (χ2v) is 5.22. The topological polar surface area (TPSA) is 80.9 Å². The highest BCUT2D eigenvalue weighted by Crippen LogP contribution is 2.30. The molecule has 0 aliphatic heterocycles. The van der Waals surface area contributed by atoms with Gasteiger partial charge in [-0.15, -0.1) is 0 Å². The van der Waals surface area contributed by atoms with Gasteiger partial charge in [0, 0.05) is 23.5 Å². The molecule has 0 fully saturated rings. The van der Waals surface area contributed by atoms with Crippen LogP contribution in [0.25, 0.3) is 17.2 Å². The third-order valence-corrected chi connectivity index (χ3v) is 3.35. The summed E-state index contributed by atoms with van der Waals surface area (Å²) in [6.07, 6.45) is -2.98. The third kappa shape index (κ3) is 3.49. The molecule has 2 aromatic heterocycles. The van der Waals surface area contributed by atoms with E-state index in [4.69, 9.17) is 5.11 Å². The van der Waals surface area contributed by atoms with Gasteiger partial charge in [-0.05, 0) is 25.1 Å². The number of carboxylic acid groups (broad SMARTS) is 1. The summed E-state index contributed by atoms with van der Waals surface area (Å²) in [5.74, 6) is -0.640. The fraction of sp³-hybridized carbons (Fsp3) is 0.125. The van der Waals surface area contributed by atoms with E-state index in [1.54, 1.807) is 13.0 Å². The summed E-state index contributed by atoms with van der Waals surface area (Å²) in [6, 6.07) is 7.39. The molecule has 1 aromatic carbocycles. The number of hydrogen-bond acceptors (Lipinski definition) is 4. The smallest absolute Gasteiger partial charge is 0.416 e. The van der Waals surface area contributed by atoms with Crippen LogP contribution < -0.4 is 0 Å². The molecule has 0 bridgehead atoms. The monoisotopic (exact) mass is 348 g/mol. The molecule has 25 heavy (non-hydrogen) atoms. The van der Waals surface area contributed by atoms with Crippen LogP contribution in [0.2, 0.25) is 0 Å². The van der Waals surface area contributed by atoms with Crippen molar-refractivity contribution in [2.75, 3.05) is 0 Å². The zero-order chi connectivity index (χ0) is 18.2. The van der Waals surface area contributed by atoms with Crippen molar-refractivity contribution in [3.8, 4) is 17.2 Å². The van der Waals surface area contributed by atoms with Crippen molar-refractivity contribution >= 4 is 5.97 Å². The average molecular weight is 348 g/mol. The summed E-state index contributed by atoms with van der Waals surface area (Å²) in [6.45, 7) is 1.69. The van der Waals surface area contributed by atoms with Gasteiger partial charge >= 0.3 is 12.1 Å². The molecule has 3 aromatic rings. The van der Waals surface area contributed by atoms with E-state index in [0.29, 0.717) is 17.1 Å². The number of aryl methyl sites for hydroxylation is 1. The van der Waals surface area contributed by atoms with Gasteiger partial charge in [-0.1, -0.05) is 12.1 Å². The van der Waals surface area contributed by atoms with Gasteiger partial charge in [-0.3, -0.25) is 0 Å². The van der Waals surface area contributed by atoms with Crippen molar-refractivity contribution in [3.63, 3.8) is 0 Å². The molecule has 0 aliphatic carbocycles. The zero-order valence-corrected chi connectivity index (χ0v) is 12.8. The number of nitrogens with zero attached hydrogens (tertiary/aromatic N) is 4. The molecule has 0 spiro atoms. The number of hydrogen-bond donors (Lipinski definition) is 1. The lowest BCUT2D eigenvalue weighted by molar-refractivity contribution is -0.137. The highest BCUT2D eigenvalue weighted by atomic mass is 19.4. The molecule has 0 radical (unpaired) electrons. The quantitative estimate of drug-likeness (QED) is 0.785. The number of halogens is 3. The van der Waals surface area contributed by atoms with Gasteiger partial charge in [0.2, 0.25) is 0 Å². The van der Waals surface area contributed by atoms with Crippen LogP contribution in [-0.4, -0.2) is 30.8 Å². The van der Waals surface area contributed by atoms with Gasteiger partial charge in [0.1, 0.15) is 0 Å². The Labute approximate surface area is 139 Å². The molecule has 128 valence electrons. The number of carboxylic acids is 1.